The number of methoxy groups -OCH3 is 1. The van der Waals surface area contributed by atoms with Gasteiger partial charge < -0.3 is 14.5 Å². The molecule has 7 nitrogen and oxygen atoms in total. The molecule has 3 aromatic carbocycles. The summed E-state index contributed by atoms with van der Waals surface area (Å²) in [6.45, 7) is 1.62. The summed E-state index contributed by atoms with van der Waals surface area (Å²) in [4.78, 5) is 24.6. The van der Waals surface area contributed by atoms with Crippen LogP contribution in [0.4, 0.5) is 10.1 Å². The van der Waals surface area contributed by atoms with Crippen LogP contribution in [-0.2, 0) is 4.79 Å². The molecule has 4 rings (SSSR count). The third-order valence-electron chi connectivity index (χ3n) is 4.84. The van der Waals surface area contributed by atoms with E-state index in [1.165, 1.54) is 31.4 Å². The zero-order chi connectivity index (χ0) is 22.7. The van der Waals surface area contributed by atoms with Crippen LogP contribution in [0.1, 0.15) is 23.7 Å². The molecule has 0 atom stereocenters. The van der Waals surface area contributed by atoms with E-state index >= 15 is 0 Å². The first-order chi connectivity index (χ1) is 15.4. The molecule has 0 aliphatic heterocycles. The van der Waals surface area contributed by atoms with Crippen molar-refractivity contribution in [2.24, 2.45) is 5.10 Å². The van der Waals surface area contributed by atoms with Gasteiger partial charge >= 0.3 is 0 Å². The molecule has 0 bridgehead atoms. The van der Waals surface area contributed by atoms with Gasteiger partial charge in [0.15, 0.2) is 0 Å². The van der Waals surface area contributed by atoms with Crippen molar-refractivity contribution in [3.05, 3.63) is 72.0 Å². The fraction of sp³-hybridized carbons (Fsp3) is 0.125. The highest BCUT2D eigenvalue weighted by atomic mass is 19.1. The van der Waals surface area contributed by atoms with Gasteiger partial charge in [0.1, 0.15) is 22.7 Å². The maximum atomic E-state index is 13.0. The molecule has 1 heterocycles. The highest BCUT2D eigenvalue weighted by Gasteiger charge is 2.15. The maximum absolute atomic E-state index is 13.0. The van der Waals surface area contributed by atoms with E-state index in [2.05, 4.69) is 15.8 Å². The molecule has 0 aliphatic carbocycles. The standard InChI is InChI=1S/C24H20FN3O4/c1-14(27-28-24(30)15-7-9-16(25)10-8-15)11-23(29)26-19-13-21-18(12-22(19)31-2)17-5-3-4-6-20(17)32-21/h3-10,12-13H,11H2,1-2H3,(H,26,29)(H,28,30)/b27-14-. The van der Waals surface area contributed by atoms with Gasteiger partial charge in [0.2, 0.25) is 5.91 Å². The Labute approximate surface area is 182 Å². The van der Waals surface area contributed by atoms with Crippen LogP contribution >= 0.6 is 0 Å². The monoisotopic (exact) mass is 433 g/mol. The molecule has 0 radical (unpaired) electrons. The largest absolute Gasteiger partial charge is 0.495 e. The van der Waals surface area contributed by atoms with E-state index in [1.54, 1.807) is 13.0 Å². The van der Waals surface area contributed by atoms with Crippen LogP contribution < -0.4 is 15.5 Å². The quantitative estimate of drug-likeness (QED) is 0.335. The third kappa shape index (κ3) is 4.44. The Hall–Kier alpha value is -4.20. The molecular formula is C24H20FN3O4. The normalized spacial score (nSPS) is 11.5. The average Bonchev–Trinajstić information content (AvgIpc) is 3.14. The molecule has 0 saturated carbocycles. The molecule has 0 aliphatic rings. The van der Waals surface area contributed by atoms with Gasteiger partial charge in [-0.25, -0.2) is 9.82 Å². The first-order valence-corrected chi connectivity index (χ1v) is 9.83. The molecule has 2 amide bonds. The van der Waals surface area contributed by atoms with Gasteiger partial charge in [-0.2, -0.15) is 5.10 Å². The zero-order valence-electron chi connectivity index (χ0n) is 17.4. The minimum absolute atomic E-state index is 0.0506. The number of ether oxygens (including phenoxy) is 1. The van der Waals surface area contributed by atoms with Crippen molar-refractivity contribution < 1.29 is 23.1 Å². The van der Waals surface area contributed by atoms with Gasteiger partial charge in [0.05, 0.1) is 19.2 Å². The second kappa shape index (κ2) is 8.89. The molecule has 2 N–H and O–H groups in total. The van der Waals surface area contributed by atoms with Gasteiger partial charge in [0.25, 0.3) is 5.91 Å². The SMILES string of the molecule is COc1cc2c(cc1NC(=O)C/C(C)=N\NC(=O)c1ccc(F)cc1)oc1ccccc12. The van der Waals surface area contributed by atoms with Crippen LogP contribution in [0.2, 0.25) is 0 Å². The Morgan fingerprint density at radius 2 is 1.78 bits per heavy atom. The number of amides is 2. The van der Waals surface area contributed by atoms with Crippen molar-refractivity contribution in [3.63, 3.8) is 0 Å². The highest BCUT2D eigenvalue weighted by Crippen LogP contribution is 2.36. The Balaban J connectivity index is 1.45. The van der Waals surface area contributed by atoms with Crippen molar-refractivity contribution in [1.29, 1.82) is 0 Å². The Kier molecular flexibility index (Phi) is 5.85. The number of anilines is 1. The molecule has 0 unspecified atom stereocenters. The zero-order valence-corrected chi connectivity index (χ0v) is 17.4. The lowest BCUT2D eigenvalue weighted by Gasteiger charge is -2.10. The van der Waals surface area contributed by atoms with Crippen molar-refractivity contribution in [1.82, 2.24) is 5.43 Å². The average molecular weight is 433 g/mol. The fourth-order valence-corrected chi connectivity index (χ4v) is 3.30. The second-order valence-corrected chi connectivity index (χ2v) is 7.17. The molecule has 4 aromatic rings. The van der Waals surface area contributed by atoms with Crippen molar-refractivity contribution in [2.45, 2.75) is 13.3 Å². The number of carbonyl (C=O) groups is 2. The Morgan fingerprint density at radius 3 is 2.53 bits per heavy atom. The van der Waals surface area contributed by atoms with Crippen LogP contribution in [0, 0.1) is 5.82 Å². The van der Waals surface area contributed by atoms with Crippen LogP contribution in [-0.4, -0.2) is 24.6 Å². The van der Waals surface area contributed by atoms with E-state index in [0.717, 1.165) is 16.4 Å². The lowest BCUT2D eigenvalue weighted by atomic mass is 10.1. The van der Waals surface area contributed by atoms with Gasteiger partial charge in [-0.05, 0) is 43.3 Å². The molecule has 8 heteroatoms. The van der Waals surface area contributed by atoms with Crippen LogP contribution in [0.5, 0.6) is 5.75 Å². The van der Waals surface area contributed by atoms with Gasteiger partial charge in [-0.15, -0.1) is 0 Å². The van der Waals surface area contributed by atoms with Crippen molar-refractivity contribution >= 4 is 45.2 Å². The summed E-state index contributed by atoms with van der Waals surface area (Å²) in [5, 5.41) is 8.58. The van der Waals surface area contributed by atoms with E-state index in [4.69, 9.17) is 9.15 Å². The fourth-order valence-electron chi connectivity index (χ4n) is 3.30. The topological polar surface area (TPSA) is 92.9 Å². The van der Waals surface area contributed by atoms with Crippen molar-refractivity contribution in [3.8, 4) is 5.75 Å². The number of para-hydroxylation sites is 1. The van der Waals surface area contributed by atoms with E-state index in [-0.39, 0.29) is 17.9 Å². The number of benzene rings is 3. The molecular weight excluding hydrogens is 413 g/mol. The number of fused-ring (bicyclic) bond motifs is 3. The van der Waals surface area contributed by atoms with E-state index in [1.807, 2.05) is 30.3 Å². The summed E-state index contributed by atoms with van der Waals surface area (Å²) >= 11 is 0. The van der Waals surface area contributed by atoms with Gasteiger partial charge in [-0.3, -0.25) is 9.59 Å². The van der Waals surface area contributed by atoms with E-state index in [0.29, 0.717) is 22.7 Å². The maximum Gasteiger partial charge on any atom is 0.271 e. The number of halogens is 1. The number of hydrogen-bond donors (Lipinski definition) is 2. The summed E-state index contributed by atoms with van der Waals surface area (Å²) in [6.07, 6.45) is -0.0506. The number of carbonyl (C=O) groups excluding carboxylic acids is 2. The minimum Gasteiger partial charge on any atom is -0.495 e. The third-order valence-corrected chi connectivity index (χ3v) is 4.84. The number of nitrogens with one attached hydrogen (secondary N) is 2. The summed E-state index contributed by atoms with van der Waals surface area (Å²) in [7, 11) is 1.52. The van der Waals surface area contributed by atoms with Crippen molar-refractivity contribution in [2.75, 3.05) is 12.4 Å². The van der Waals surface area contributed by atoms with Crippen LogP contribution in [0.15, 0.2) is 70.2 Å². The number of hydrogen-bond acceptors (Lipinski definition) is 5. The minimum atomic E-state index is -0.498. The summed E-state index contributed by atoms with van der Waals surface area (Å²) < 4.78 is 24.3. The molecule has 1 aromatic heterocycles. The summed E-state index contributed by atoms with van der Waals surface area (Å²) in [5.41, 5.74) is 4.84. The molecule has 0 fully saturated rings. The number of furan rings is 1. The molecule has 162 valence electrons. The predicted octanol–water partition coefficient (Wildman–Crippen LogP) is 4.87. The summed E-state index contributed by atoms with van der Waals surface area (Å²) in [6, 6.07) is 16.3. The lowest BCUT2D eigenvalue weighted by molar-refractivity contribution is -0.115. The first kappa shape index (κ1) is 21.0. The second-order valence-electron chi connectivity index (χ2n) is 7.17. The number of rotatable bonds is 6. The highest BCUT2D eigenvalue weighted by molar-refractivity contribution is 6.10. The van der Waals surface area contributed by atoms with Gasteiger partial charge in [-0.1, -0.05) is 18.2 Å². The molecule has 0 saturated heterocycles. The number of hydrazone groups is 1. The predicted molar refractivity (Wildman–Crippen MR) is 120 cm³/mol. The number of nitrogens with zero attached hydrogens (tertiary/aromatic N) is 1. The van der Waals surface area contributed by atoms with Crippen LogP contribution in [0.3, 0.4) is 0 Å². The molecule has 32 heavy (non-hydrogen) atoms. The van der Waals surface area contributed by atoms with Crippen LogP contribution in [0.25, 0.3) is 21.9 Å². The Bertz CT molecular complexity index is 1340. The molecule has 0 spiro atoms. The van der Waals surface area contributed by atoms with E-state index < -0.39 is 11.7 Å². The smallest absolute Gasteiger partial charge is 0.271 e. The van der Waals surface area contributed by atoms with E-state index in [9.17, 15) is 14.0 Å². The Morgan fingerprint density at radius 1 is 1.03 bits per heavy atom. The lowest BCUT2D eigenvalue weighted by Crippen LogP contribution is -2.21. The van der Waals surface area contributed by atoms with Gasteiger partial charge in [0, 0.05) is 28.1 Å². The first-order valence-electron chi connectivity index (χ1n) is 9.83. The summed E-state index contributed by atoms with van der Waals surface area (Å²) in [5.74, 6) is -0.774.